The van der Waals surface area contributed by atoms with Gasteiger partial charge in [0.1, 0.15) is 6.61 Å². The molecule has 0 saturated heterocycles. The van der Waals surface area contributed by atoms with Crippen LogP contribution in [-0.2, 0) is 19.6 Å². The van der Waals surface area contributed by atoms with E-state index in [0.29, 0.717) is 6.61 Å². The van der Waals surface area contributed by atoms with Crippen LogP contribution in [0.5, 0.6) is 11.5 Å². The molecule has 4 aromatic rings. The van der Waals surface area contributed by atoms with Crippen molar-refractivity contribution in [3.8, 4) is 11.5 Å². The number of aromatic nitrogens is 1. The van der Waals surface area contributed by atoms with Gasteiger partial charge in [0.05, 0.1) is 7.11 Å². The van der Waals surface area contributed by atoms with E-state index in [-0.39, 0.29) is 0 Å². The highest BCUT2D eigenvalue weighted by molar-refractivity contribution is 6.30. The Balaban J connectivity index is 1.30. The zero-order chi connectivity index (χ0) is 20.8. The molecule has 5 heteroatoms. The maximum absolute atomic E-state index is 5.93. The fourth-order valence-electron chi connectivity index (χ4n) is 3.48. The zero-order valence-electron chi connectivity index (χ0n) is 17.0. The number of nitrogens with one attached hydrogen (secondary N) is 2. The molecule has 3 aromatic carbocycles. The molecule has 0 aliphatic carbocycles. The highest BCUT2D eigenvalue weighted by atomic mass is 35.5. The molecule has 154 valence electrons. The van der Waals surface area contributed by atoms with Crippen molar-refractivity contribution in [2.75, 3.05) is 13.7 Å². The Bertz CT molecular complexity index is 1110. The summed E-state index contributed by atoms with van der Waals surface area (Å²) in [6, 6.07) is 22.1. The molecule has 0 unspecified atom stereocenters. The number of aromatic amines is 1. The Hall–Kier alpha value is -2.95. The van der Waals surface area contributed by atoms with Crippen molar-refractivity contribution in [3.05, 3.63) is 94.6 Å². The monoisotopic (exact) mass is 420 g/mol. The van der Waals surface area contributed by atoms with Gasteiger partial charge in [-0.2, -0.15) is 0 Å². The van der Waals surface area contributed by atoms with Gasteiger partial charge in [0.15, 0.2) is 11.5 Å². The third-order valence-corrected chi connectivity index (χ3v) is 5.36. The van der Waals surface area contributed by atoms with Crippen LogP contribution in [0, 0.1) is 0 Å². The smallest absolute Gasteiger partial charge is 0.161 e. The summed E-state index contributed by atoms with van der Waals surface area (Å²) in [5, 5.41) is 5.53. The number of fused-ring (bicyclic) bond motifs is 1. The zero-order valence-corrected chi connectivity index (χ0v) is 17.7. The predicted molar refractivity (Wildman–Crippen MR) is 122 cm³/mol. The molecule has 30 heavy (non-hydrogen) atoms. The Kier molecular flexibility index (Phi) is 6.57. The quantitative estimate of drug-likeness (QED) is 0.339. The van der Waals surface area contributed by atoms with Gasteiger partial charge < -0.3 is 19.8 Å². The van der Waals surface area contributed by atoms with Gasteiger partial charge in [0, 0.05) is 28.7 Å². The first-order chi connectivity index (χ1) is 14.7. The number of methoxy groups -OCH3 is 1. The van der Waals surface area contributed by atoms with Crippen LogP contribution in [0.15, 0.2) is 72.9 Å². The molecule has 0 saturated carbocycles. The van der Waals surface area contributed by atoms with Crippen molar-refractivity contribution in [2.24, 2.45) is 0 Å². The minimum Gasteiger partial charge on any atom is -0.493 e. The second kappa shape index (κ2) is 9.70. The minimum atomic E-state index is 0.468. The molecule has 0 radical (unpaired) electrons. The molecule has 1 heterocycles. The van der Waals surface area contributed by atoms with E-state index >= 15 is 0 Å². The maximum atomic E-state index is 5.93. The number of hydrogen-bond acceptors (Lipinski definition) is 3. The van der Waals surface area contributed by atoms with Crippen molar-refractivity contribution in [3.63, 3.8) is 0 Å². The van der Waals surface area contributed by atoms with E-state index < -0.39 is 0 Å². The second-order valence-electron chi connectivity index (χ2n) is 7.19. The molecule has 4 rings (SSSR count). The van der Waals surface area contributed by atoms with Crippen LogP contribution in [0.4, 0.5) is 0 Å². The van der Waals surface area contributed by atoms with Crippen molar-refractivity contribution >= 4 is 22.5 Å². The van der Waals surface area contributed by atoms with Crippen LogP contribution in [0.25, 0.3) is 10.9 Å². The van der Waals surface area contributed by atoms with Crippen molar-refractivity contribution in [2.45, 2.75) is 19.6 Å². The first-order valence-corrected chi connectivity index (χ1v) is 10.4. The molecule has 1 aromatic heterocycles. The van der Waals surface area contributed by atoms with Crippen LogP contribution in [-0.4, -0.2) is 18.6 Å². The number of halogens is 1. The normalized spacial score (nSPS) is 11.0. The lowest BCUT2D eigenvalue weighted by Crippen LogP contribution is -2.16. The van der Waals surface area contributed by atoms with Crippen LogP contribution < -0.4 is 14.8 Å². The van der Waals surface area contributed by atoms with E-state index in [9.17, 15) is 0 Å². The second-order valence-corrected chi connectivity index (χ2v) is 7.62. The standard InChI is InChI=1S/C25H25ClN2O2/c1-29-25-14-19(8-11-24(25)30-17-18-6-9-21(26)10-7-18)15-27-13-12-20-16-28-23-5-3-2-4-22(20)23/h2-11,14,16,27-28H,12-13,15,17H2,1H3. The first-order valence-electron chi connectivity index (χ1n) is 10.0. The molecule has 0 fully saturated rings. The van der Waals surface area contributed by atoms with E-state index in [2.05, 4.69) is 46.8 Å². The summed E-state index contributed by atoms with van der Waals surface area (Å²) in [5.74, 6) is 1.47. The molecular formula is C25H25ClN2O2. The average Bonchev–Trinajstić information content (AvgIpc) is 3.20. The number of hydrogen-bond donors (Lipinski definition) is 2. The van der Waals surface area contributed by atoms with E-state index in [4.69, 9.17) is 21.1 Å². The van der Waals surface area contributed by atoms with Gasteiger partial charge >= 0.3 is 0 Å². The lowest BCUT2D eigenvalue weighted by Gasteiger charge is -2.13. The lowest BCUT2D eigenvalue weighted by atomic mass is 10.1. The van der Waals surface area contributed by atoms with Gasteiger partial charge in [-0.05, 0) is 60.0 Å². The Labute approximate surface area is 181 Å². The molecule has 2 N–H and O–H groups in total. The first kappa shape index (κ1) is 20.3. The lowest BCUT2D eigenvalue weighted by molar-refractivity contribution is 0.284. The predicted octanol–water partition coefficient (Wildman–Crippen LogP) is 5.74. The maximum Gasteiger partial charge on any atom is 0.161 e. The third-order valence-electron chi connectivity index (χ3n) is 5.11. The van der Waals surface area contributed by atoms with Crippen molar-refractivity contribution in [1.29, 1.82) is 0 Å². The van der Waals surface area contributed by atoms with Gasteiger partial charge in [-0.15, -0.1) is 0 Å². The summed E-state index contributed by atoms with van der Waals surface area (Å²) >= 11 is 5.93. The van der Waals surface area contributed by atoms with E-state index in [1.165, 1.54) is 16.5 Å². The molecule has 0 aliphatic rings. The number of ether oxygens (including phenoxy) is 2. The molecule has 0 aliphatic heterocycles. The Morgan fingerprint density at radius 1 is 0.933 bits per heavy atom. The molecule has 4 nitrogen and oxygen atoms in total. The summed E-state index contributed by atoms with van der Waals surface area (Å²) in [5.41, 5.74) is 4.74. The summed E-state index contributed by atoms with van der Waals surface area (Å²) < 4.78 is 11.5. The Morgan fingerprint density at radius 3 is 2.57 bits per heavy atom. The summed E-state index contributed by atoms with van der Waals surface area (Å²) in [6.07, 6.45) is 3.08. The number of para-hydroxylation sites is 1. The minimum absolute atomic E-state index is 0.468. The van der Waals surface area contributed by atoms with Crippen LogP contribution in [0.1, 0.15) is 16.7 Å². The van der Waals surface area contributed by atoms with Gasteiger partial charge in [-0.3, -0.25) is 0 Å². The van der Waals surface area contributed by atoms with Crippen molar-refractivity contribution in [1.82, 2.24) is 10.3 Å². The fourth-order valence-corrected chi connectivity index (χ4v) is 3.60. The van der Waals surface area contributed by atoms with Gasteiger partial charge in [-0.1, -0.05) is 48.0 Å². The van der Waals surface area contributed by atoms with Crippen molar-refractivity contribution < 1.29 is 9.47 Å². The largest absolute Gasteiger partial charge is 0.493 e. The number of benzene rings is 3. The third kappa shape index (κ3) is 4.96. The van der Waals surface area contributed by atoms with Crippen LogP contribution >= 0.6 is 11.6 Å². The highest BCUT2D eigenvalue weighted by Gasteiger charge is 2.07. The summed E-state index contributed by atoms with van der Waals surface area (Å²) in [6.45, 7) is 2.14. The molecule has 0 amide bonds. The summed E-state index contributed by atoms with van der Waals surface area (Å²) in [7, 11) is 1.67. The van der Waals surface area contributed by atoms with E-state index in [0.717, 1.165) is 47.2 Å². The van der Waals surface area contributed by atoms with Gasteiger partial charge in [0.2, 0.25) is 0 Å². The van der Waals surface area contributed by atoms with Gasteiger partial charge in [-0.25, -0.2) is 0 Å². The SMILES string of the molecule is COc1cc(CNCCc2c[nH]c3ccccc23)ccc1OCc1ccc(Cl)cc1. The number of rotatable bonds is 9. The topological polar surface area (TPSA) is 46.3 Å². The molecule has 0 spiro atoms. The number of H-pyrrole nitrogens is 1. The summed E-state index contributed by atoms with van der Waals surface area (Å²) in [4.78, 5) is 3.33. The van der Waals surface area contributed by atoms with Gasteiger partial charge in [0.25, 0.3) is 0 Å². The van der Waals surface area contributed by atoms with Crippen LogP contribution in [0.2, 0.25) is 5.02 Å². The van der Waals surface area contributed by atoms with E-state index in [1.54, 1.807) is 7.11 Å². The van der Waals surface area contributed by atoms with E-state index in [1.807, 2.05) is 36.4 Å². The molecule has 0 atom stereocenters. The fraction of sp³-hybridized carbons (Fsp3) is 0.200. The molecule has 0 bridgehead atoms. The Morgan fingerprint density at radius 2 is 1.73 bits per heavy atom. The highest BCUT2D eigenvalue weighted by Crippen LogP contribution is 2.29. The van der Waals surface area contributed by atoms with Crippen LogP contribution in [0.3, 0.4) is 0 Å². The molecular weight excluding hydrogens is 396 g/mol. The average molecular weight is 421 g/mol.